The maximum Gasteiger partial charge on any atom is 0.254 e. The maximum atomic E-state index is 11.9. The highest BCUT2D eigenvalue weighted by molar-refractivity contribution is 5.34. The van der Waals surface area contributed by atoms with Crippen LogP contribution in [0.25, 0.3) is 0 Å². The van der Waals surface area contributed by atoms with Crippen molar-refractivity contribution in [1.29, 1.82) is 0 Å². The van der Waals surface area contributed by atoms with Crippen molar-refractivity contribution in [1.82, 2.24) is 19.5 Å². The summed E-state index contributed by atoms with van der Waals surface area (Å²) in [5, 5.41) is 0. The van der Waals surface area contributed by atoms with E-state index in [9.17, 15) is 4.79 Å². The minimum Gasteiger partial charge on any atom is -0.308 e. The van der Waals surface area contributed by atoms with Crippen LogP contribution >= 0.6 is 0 Å². The summed E-state index contributed by atoms with van der Waals surface area (Å²) < 4.78 is 1.53. The Balaban J connectivity index is 2.42. The number of nitrogens with two attached hydrogens (primary N) is 1. The van der Waals surface area contributed by atoms with E-state index in [-0.39, 0.29) is 12.1 Å². The Morgan fingerprint density at radius 1 is 1.16 bits per heavy atom. The molecule has 0 atom stereocenters. The zero-order valence-corrected chi connectivity index (χ0v) is 11.1. The van der Waals surface area contributed by atoms with Crippen LogP contribution in [0, 0.1) is 20.8 Å². The van der Waals surface area contributed by atoms with E-state index in [1.807, 2.05) is 6.92 Å². The van der Waals surface area contributed by atoms with Gasteiger partial charge in [-0.1, -0.05) is 0 Å². The highest BCUT2D eigenvalue weighted by Gasteiger charge is 2.07. The van der Waals surface area contributed by atoms with E-state index in [0.29, 0.717) is 23.2 Å². The van der Waals surface area contributed by atoms with Crippen molar-refractivity contribution in [2.24, 2.45) is 5.84 Å². The molecule has 2 aromatic rings. The molecular formula is C12H16N6O. The number of nitrogens with one attached hydrogen (secondary N) is 1. The predicted molar refractivity (Wildman–Crippen MR) is 71.7 cm³/mol. The first-order valence-electron chi connectivity index (χ1n) is 5.86. The fourth-order valence-corrected chi connectivity index (χ4v) is 1.87. The van der Waals surface area contributed by atoms with E-state index in [1.54, 1.807) is 19.9 Å². The third kappa shape index (κ3) is 2.94. The number of hydrazine groups is 1. The van der Waals surface area contributed by atoms with Crippen molar-refractivity contribution in [2.45, 2.75) is 27.3 Å². The third-order valence-corrected chi connectivity index (χ3v) is 2.68. The van der Waals surface area contributed by atoms with Gasteiger partial charge in [0.15, 0.2) is 5.82 Å². The summed E-state index contributed by atoms with van der Waals surface area (Å²) in [5.74, 6) is 7.01. The van der Waals surface area contributed by atoms with Crippen molar-refractivity contribution in [3.05, 3.63) is 45.5 Å². The van der Waals surface area contributed by atoms with Crippen LogP contribution in [0.2, 0.25) is 0 Å². The highest BCUT2D eigenvalue weighted by Crippen LogP contribution is 2.06. The molecule has 0 aromatic carbocycles. The molecule has 0 aliphatic heterocycles. The molecule has 0 aliphatic carbocycles. The van der Waals surface area contributed by atoms with Crippen molar-refractivity contribution in [3.8, 4) is 0 Å². The van der Waals surface area contributed by atoms with E-state index < -0.39 is 0 Å². The summed E-state index contributed by atoms with van der Waals surface area (Å²) >= 11 is 0. The predicted octanol–water partition coefficient (Wildman–Crippen LogP) is 0.292. The Morgan fingerprint density at radius 3 is 2.47 bits per heavy atom. The van der Waals surface area contributed by atoms with Gasteiger partial charge in [0, 0.05) is 23.5 Å². The second-order valence-electron chi connectivity index (χ2n) is 4.32. The molecular weight excluding hydrogens is 244 g/mol. The number of hydrogen-bond acceptors (Lipinski definition) is 6. The van der Waals surface area contributed by atoms with Gasteiger partial charge in [-0.3, -0.25) is 9.36 Å². The van der Waals surface area contributed by atoms with Gasteiger partial charge in [-0.05, 0) is 20.8 Å². The SMILES string of the molecule is Cc1cc(NN)nc(Cn2c(C)nc(C)cc2=O)n1. The Labute approximate surface area is 110 Å². The highest BCUT2D eigenvalue weighted by atomic mass is 16.1. The lowest BCUT2D eigenvalue weighted by Gasteiger charge is -2.10. The Hall–Kier alpha value is -2.28. The molecule has 0 unspecified atom stereocenters. The van der Waals surface area contributed by atoms with Crippen LogP contribution < -0.4 is 16.8 Å². The van der Waals surface area contributed by atoms with Crippen LogP contribution in [0.5, 0.6) is 0 Å². The topological polar surface area (TPSA) is 98.7 Å². The van der Waals surface area contributed by atoms with Crippen LogP contribution in [-0.2, 0) is 6.54 Å². The summed E-state index contributed by atoms with van der Waals surface area (Å²) in [7, 11) is 0. The van der Waals surface area contributed by atoms with Gasteiger partial charge in [-0.15, -0.1) is 0 Å². The molecule has 0 aliphatic rings. The Morgan fingerprint density at radius 2 is 1.84 bits per heavy atom. The first-order valence-corrected chi connectivity index (χ1v) is 5.86. The van der Waals surface area contributed by atoms with Gasteiger partial charge in [0.05, 0.1) is 6.54 Å². The maximum absolute atomic E-state index is 11.9. The Bertz CT molecular complexity index is 664. The summed E-state index contributed by atoms with van der Waals surface area (Å²) in [6, 6.07) is 3.22. The quantitative estimate of drug-likeness (QED) is 0.608. The molecule has 7 heteroatoms. The summed E-state index contributed by atoms with van der Waals surface area (Å²) in [6.07, 6.45) is 0. The smallest absolute Gasteiger partial charge is 0.254 e. The van der Waals surface area contributed by atoms with E-state index in [0.717, 1.165) is 5.69 Å². The van der Waals surface area contributed by atoms with Gasteiger partial charge < -0.3 is 5.43 Å². The lowest BCUT2D eigenvalue weighted by Crippen LogP contribution is -2.25. The molecule has 100 valence electrons. The number of nitrogens with zero attached hydrogens (tertiary/aromatic N) is 4. The van der Waals surface area contributed by atoms with Crippen LogP contribution in [0.15, 0.2) is 16.9 Å². The standard InChI is InChI=1S/C12H16N6O/c1-7-4-10(17-13)16-11(15-7)6-18-9(3)14-8(2)5-12(18)19/h4-5H,6,13H2,1-3H3,(H,15,16,17). The van der Waals surface area contributed by atoms with Crippen LogP contribution in [0.3, 0.4) is 0 Å². The lowest BCUT2D eigenvalue weighted by atomic mass is 10.4. The van der Waals surface area contributed by atoms with Gasteiger partial charge in [0.2, 0.25) is 0 Å². The molecule has 7 nitrogen and oxygen atoms in total. The monoisotopic (exact) mass is 260 g/mol. The molecule has 0 fully saturated rings. The van der Waals surface area contributed by atoms with E-state index >= 15 is 0 Å². The molecule has 0 saturated heterocycles. The van der Waals surface area contributed by atoms with E-state index in [4.69, 9.17) is 5.84 Å². The molecule has 0 saturated carbocycles. The number of anilines is 1. The number of rotatable bonds is 3. The summed E-state index contributed by atoms with van der Waals surface area (Å²) in [6.45, 7) is 5.69. The van der Waals surface area contributed by atoms with Gasteiger partial charge in [0.1, 0.15) is 11.6 Å². The average Bonchev–Trinajstić information content (AvgIpc) is 2.33. The van der Waals surface area contributed by atoms with E-state index in [1.165, 1.54) is 10.6 Å². The first-order chi connectivity index (χ1) is 8.99. The third-order valence-electron chi connectivity index (χ3n) is 2.68. The normalized spacial score (nSPS) is 10.5. The fourth-order valence-electron chi connectivity index (χ4n) is 1.87. The van der Waals surface area contributed by atoms with Crippen molar-refractivity contribution < 1.29 is 0 Å². The van der Waals surface area contributed by atoms with E-state index in [2.05, 4.69) is 20.4 Å². The molecule has 0 bridgehead atoms. The van der Waals surface area contributed by atoms with Gasteiger partial charge in [0.25, 0.3) is 5.56 Å². The van der Waals surface area contributed by atoms with Crippen molar-refractivity contribution in [2.75, 3.05) is 5.43 Å². The minimum absolute atomic E-state index is 0.114. The number of nitrogen functional groups attached to an aromatic ring is 1. The van der Waals surface area contributed by atoms with Crippen molar-refractivity contribution >= 4 is 5.82 Å². The van der Waals surface area contributed by atoms with Gasteiger partial charge in [-0.25, -0.2) is 20.8 Å². The first kappa shape index (κ1) is 13.2. The number of aryl methyl sites for hydroxylation is 3. The average molecular weight is 260 g/mol. The Kier molecular flexibility index (Phi) is 3.57. The zero-order valence-electron chi connectivity index (χ0n) is 11.1. The second kappa shape index (κ2) is 5.15. The molecule has 2 heterocycles. The molecule has 0 spiro atoms. The molecule has 2 rings (SSSR count). The summed E-state index contributed by atoms with van der Waals surface area (Å²) in [5.41, 5.74) is 3.85. The second-order valence-corrected chi connectivity index (χ2v) is 4.32. The molecule has 2 aromatic heterocycles. The number of hydrogen-bond donors (Lipinski definition) is 2. The summed E-state index contributed by atoms with van der Waals surface area (Å²) in [4.78, 5) is 24.7. The lowest BCUT2D eigenvalue weighted by molar-refractivity contribution is 0.662. The molecule has 0 amide bonds. The molecule has 19 heavy (non-hydrogen) atoms. The van der Waals surface area contributed by atoms with Gasteiger partial charge in [-0.2, -0.15) is 0 Å². The van der Waals surface area contributed by atoms with Crippen LogP contribution in [-0.4, -0.2) is 19.5 Å². The number of aromatic nitrogens is 4. The van der Waals surface area contributed by atoms with Crippen molar-refractivity contribution in [3.63, 3.8) is 0 Å². The van der Waals surface area contributed by atoms with Crippen LogP contribution in [0.1, 0.15) is 23.0 Å². The van der Waals surface area contributed by atoms with Crippen LogP contribution in [0.4, 0.5) is 5.82 Å². The molecule has 3 N–H and O–H groups in total. The van der Waals surface area contributed by atoms with Gasteiger partial charge >= 0.3 is 0 Å². The largest absolute Gasteiger partial charge is 0.308 e. The fraction of sp³-hybridized carbons (Fsp3) is 0.333. The zero-order chi connectivity index (χ0) is 14.0. The minimum atomic E-state index is -0.114. The molecule has 0 radical (unpaired) electrons.